The Morgan fingerprint density at radius 3 is 2.47 bits per heavy atom. The lowest BCUT2D eigenvalue weighted by atomic mass is 10.0. The molecule has 2 unspecified atom stereocenters. The molecule has 3 aromatic carbocycles. The molecule has 0 radical (unpaired) electrons. The molecule has 32 heavy (non-hydrogen) atoms. The van der Waals surface area contributed by atoms with E-state index >= 15 is 0 Å². The van der Waals surface area contributed by atoms with Gasteiger partial charge in [-0.1, -0.05) is 48.5 Å². The van der Waals surface area contributed by atoms with Gasteiger partial charge in [0, 0.05) is 17.3 Å². The molecule has 1 fully saturated rings. The summed E-state index contributed by atoms with van der Waals surface area (Å²) in [5.74, 6) is 1.97. The van der Waals surface area contributed by atoms with Gasteiger partial charge in [0.2, 0.25) is 0 Å². The maximum atomic E-state index is 13.3. The Labute approximate surface area is 189 Å². The second kappa shape index (κ2) is 8.70. The minimum Gasteiger partial charge on any atom is -0.493 e. The fraction of sp³-hybridized carbons (Fsp3) is 0.321. The Hall–Kier alpha value is -3.27. The van der Waals surface area contributed by atoms with Crippen LogP contribution >= 0.6 is 0 Å². The van der Waals surface area contributed by atoms with Gasteiger partial charge in [-0.25, -0.2) is 0 Å². The molecule has 4 heteroatoms. The van der Waals surface area contributed by atoms with Crippen LogP contribution in [0.2, 0.25) is 0 Å². The van der Waals surface area contributed by atoms with Gasteiger partial charge in [-0.2, -0.15) is 0 Å². The molecule has 3 aromatic rings. The third kappa shape index (κ3) is 3.97. The summed E-state index contributed by atoms with van der Waals surface area (Å²) >= 11 is 0. The zero-order valence-electron chi connectivity index (χ0n) is 18.7. The molecule has 1 saturated carbocycles. The van der Waals surface area contributed by atoms with E-state index in [0.29, 0.717) is 17.4 Å². The summed E-state index contributed by atoms with van der Waals surface area (Å²) in [5, 5.41) is 0. The summed E-state index contributed by atoms with van der Waals surface area (Å²) in [6.45, 7) is 2.08. The predicted octanol–water partition coefficient (Wildman–Crippen LogP) is 6.21. The van der Waals surface area contributed by atoms with Crippen LogP contribution in [0.15, 0.2) is 72.8 Å². The number of hydrogen-bond acceptors (Lipinski definition) is 3. The zero-order chi connectivity index (χ0) is 22.1. The number of fused-ring (bicyclic) bond motifs is 1. The SMILES string of the molecule is COc1ccc(N2C(=O)c3ccccc3C2C2CC2)cc1OC(C)CCc1ccccc1. The van der Waals surface area contributed by atoms with Crippen molar-refractivity contribution in [1.29, 1.82) is 0 Å². The second-order valence-electron chi connectivity index (χ2n) is 8.83. The van der Waals surface area contributed by atoms with Gasteiger partial charge in [0.1, 0.15) is 0 Å². The van der Waals surface area contributed by atoms with Crippen LogP contribution < -0.4 is 14.4 Å². The van der Waals surface area contributed by atoms with E-state index < -0.39 is 0 Å². The number of benzene rings is 3. The van der Waals surface area contributed by atoms with Crippen LogP contribution in [0, 0.1) is 5.92 Å². The molecule has 0 saturated heterocycles. The van der Waals surface area contributed by atoms with Gasteiger partial charge in [-0.15, -0.1) is 0 Å². The van der Waals surface area contributed by atoms with Crippen molar-refractivity contribution >= 4 is 11.6 Å². The average Bonchev–Trinajstić information content (AvgIpc) is 3.62. The van der Waals surface area contributed by atoms with Crippen LogP contribution in [0.5, 0.6) is 11.5 Å². The topological polar surface area (TPSA) is 38.8 Å². The highest BCUT2D eigenvalue weighted by molar-refractivity contribution is 6.11. The first-order chi connectivity index (χ1) is 15.7. The van der Waals surface area contributed by atoms with Gasteiger partial charge in [0.15, 0.2) is 11.5 Å². The number of carbonyl (C=O) groups excluding carboxylic acids is 1. The van der Waals surface area contributed by atoms with Crippen molar-refractivity contribution in [2.24, 2.45) is 5.92 Å². The van der Waals surface area contributed by atoms with Crippen molar-refractivity contribution in [2.45, 2.75) is 44.8 Å². The van der Waals surface area contributed by atoms with E-state index in [0.717, 1.165) is 29.7 Å². The van der Waals surface area contributed by atoms with Gasteiger partial charge in [-0.05, 0) is 67.9 Å². The largest absolute Gasteiger partial charge is 0.493 e. The number of aryl methyl sites for hydroxylation is 1. The molecule has 1 aliphatic carbocycles. The normalized spacial score (nSPS) is 18.4. The Balaban J connectivity index is 1.39. The van der Waals surface area contributed by atoms with E-state index in [2.05, 4.69) is 37.3 Å². The first kappa shape index (κ1) is 20.6. The lowest BCUT2D eigenvalue weighted by molar-refractivity contribution is 0.0989. The summed E-state index contributed by atoms with van der Waals surface area (Å²) < 4.78 is 11.9. The summed E-state index contributed by atoms with van der Waals surface area (Å²) in [7, 11) is 1.65. The van der Waals surface area contributed by atoms with Gasteiger partial charge < -0.3 is 14.4 Å². The molecule has 0 spiro atoms. The maximum Gasteiger partial charge on any atom is 0.259 e. The minimum absolute atomic E-state index is 0.0186. The fourth-order valence-corrected chi connectivity index (χ4v) is 4.70. The monoisotopic (exact) mass is 427 g/mol. The third-order valence-electron chi connectivity index (χ3n) is 6.51. The molecule has 5 rings (SSSR count). The van der Waals surface area contributed by atoms with Gasteiger partial charge in [0.25, 0.3) is 5.91 Å². The Bertz CT molecular complexity index is 1110. The number of nitrogens with zero attached hydrogens (tertiary/aromatic N) is 1. The number of anilines is 1. The van der Waals surface area contributed by atoms with Crippen LogP contribution in [0.1, 0.15) is 53.7 Å². The molecule has 164 valence electrons. The summed E-state index contributed by atoms with van der Waals surface area (Å²) in [4.78, 5) is 15.3. The maximum absolute atomic E-state index is 13.3. The number of ether oxygens (including phenoxy) is 2. The van der Waals surface area contributed by atoms with Crippen LogP contribution in [0.4, 0.5) is 5.69 Å². The number of amides is 1. The Morgan fingerprint density at radius 2 is 1.72 bits per heavy atom. The highest BCUT2D eigenvalue weighted by Gasteiger charge is 2.45. The van der Waals surface area contributed by atoms with E-state index in [4.69, 9.17) is 9.47 Å². The highest BCUT2D eigenvalue weighted by atomic mass is 16.5. The number of rotatable bonds is 8. The molecule has 2 aliphatic rings. The average molecular weight is 428 g/mol. The van der Waals surface area contributed by atoms with E-state index in [9.17, 15) is 4.79 Å². The molecule has 1 amide bonds. The van der Waals surface area contributed by atoms with Gasteiger partial charge in [0.05, 0.1) is 19.3 Å². The molecule has 4 nitrogen and oxygen atoms in total. The van der Waals surface area contributed by atoms with Crippen LogP contribution in [-0.4, -0.2) is 19.1 Å². The highest BCUT2D eigenvalue weighted by Crippen LogP contribution is 2.51. The third-order valence-corrected chi connectivity index (χ3v) is 6.51. The van der Waals surface area contributed by atoms with Gasteiger partial charge in [-0.3, -0.25) is 4.79 Å². The van der Waals surface area contributed by atoms with E-state index in [1.807, 2.05) is 47.4 Å². The number of hydrogen-bond donors (Lipinski definition) is 0. The number of methoxy groups -OCH3 is 1. The molecular formula is C28H29NO3. The lowest BCUT2D eigenvalue weighted by Gasteiger charge is -2.27. The standard InChI is InChI=1S/C28H29NO3/c1-19(12-13-20-8-4-3-5-9-20)32-26-18-22(16-17-25(26)31-2)29-27(21-14-15-21)23-10-6-7-11-24(23)28(29)30/h3-11,16-19,21,27H,12-15H2,1-2H3. The first-order valence-electron chi connectivity index (χ1n) is 11.5. The molecule has 1 heterocycles. The molecule has 1 aliphatic heterocycles. The van der Waals surface area contributed by atoms with Crippen LogP contribution in [0.25, 0.3) is 0 Å². The fourth-order valence-electron chi connectivity index (χ4n) is 4.70. The smallest absolute Gasteiger partial charge is 0.259 e. The van der Waals surface area contributed by atoms with Crippen molar-refractivity contribution in [3.05, 3.63) is 89.5 Å². The quantitative estimate of drug-likeness (QED) is 0.429. The summed E-state index contributed by atoms with van der Waals surface area (Å²) in [6.07, 6.45) is 4.20. The van der Waals surface area contributed by atoms with Gasteiger partial charge >= 0.3 is 0 Å². The molecule has 0 N–H and O–H groups in total. The van der Waals surface area contributed by atoms with Crippen molar-refractivity contribution < 1.29 is 14.3 Å². The second-order valence-corrected chi connectivity index (χ2v) is 8.83. The van der Waals surface area contributed by atoms with E-state index in [1.165, 1.54) is 18.4 Å². The Kier molecular flexibility index (Phi) is 5.60. The van der Waals surface area contributed by atoms with Crippen molar-refractivity contribution in [2.75, 3.05) is 12.0 Å². The van der Waals surface area contributed by atoms with Crippen LogP contribution in [-0.2, 0) is 6.42 Å². The van der Waals surface area contributed by atoms with E-state index in [1.54, 1.807) is 7.11 Å². The van der Waals surface area contributed by atoms with E-state index in [-0.39, 0.29) is 18.1 Å². The molecular weight excluding hydrogens is 398 g/mol. The molecule has 0 bridgehead atoms. The van der Waals surface area contributed by atoms with Crippen molar-refractivity contribution in [3.8, 4) is 11.5 Å². The summed E-state index contributed by atoms with van der Waals surface area (Å²) in [6, 6.07) is 24.4. The van der Waals surface area contributed by atoms with Crippen molar-refractivity contribution in [3.63, 3.8) is 0 Å². The minimum atomic E-state index is 0.0186. The Morgan fingerprint density at radius 1 is 0.969 bits per heavy atom. The lowest BCUT2D eigenvalue weighted by Crippen LogP contribution is -2.29. The summed E-state index contributed by atoms with van der Waals surface area (Å²) in [5.41, 5.74) is 4.14. The first-order valence-corrected chi connectivity index (χ1v) is 11.5. The molecule has 2 atom stereocenters. The number of carbonyl (C=O) groups is 1. The van der Waals surface area contributed by atoms with Crippen LogP contribution in [0.3, 0.4) is 0 Å². The zero-order valence-corrected chi connectivity index (χ0v) is 18.7. The van der Waals surface area contributed by atoms with Crippen molar-refractivity contribution in [1.82, 2.24) is 0 Å². The predicted molar refractivity (Wildman–Crippen MR) is 127 cm³/mol. The molecule has 0 aromatic heterocycles.